The molecule has 0 aromatic heterocycles. The summed E-state index contributed by atoms with van der Waals surface area (Å²) in [4.78, 5) is 39.8. The van der Waals surface area contributed by atoms with Gasteiger partial charge < -0.3 is 4.74 Å². The molecular formula is C33H45NO4. The van der Waals surface area contributed by atoms with Gasteiger partial charge in [0.15, 0.2) is 0 Å². The summed E-state index contributed by atoms with van der Waals surface area (Å²) in [6.45, 7) is 7.50. The minimum Gasteiger partial charge on any atom is -0.469 e. The van der Waals surface area contributed by atoms with Gasteiger partial charge in [0.1, 0.15) is 0 Å². The van der Waals surface area contributed by atoms with Gasteiger partial charge in [0.05, 0.1) is 18.2 Å². The fourth-order valence-electron chi connectivity index (χ4n) is 10.6. The van der Waals surface area contributed by atoms with Crippen LogP contribution in [0.4, 0.5) is 0 Å². The third kappa shape index (κ3) is 3.81. The van der Waals surface area contributed by atoms with Gasteiger partial charge in [0.2, 0.25) is 0 Å². The van der Waals surface area contributed by atoms with E-state index in [9.17, 15) is 14.4 Å². The number of carbonyl (C=O) groups is 3. The van der Waals surface area contributed by atoms with E-state index < -0.39 is 0 Å². The number of rotatable bonds is 5. The first-order valence-electron chi connectivity index (χ1n) is 15.2. The van der Waals surface area contributed by atoms with Crippen molar-refractivity contribution in [2.24, 2.45) is 46.3 Å². The molecule has 5 nitrogen and oxygen atoms in total. The largest absolute Gasteiger partial charge is 0.469 e. The number of imide groups is 1. The summed E-state index contributed by atoms with van der Waals surface area (Å²) in [5.41, 5.74) is 1.86. The molecule has 6 rings (SSSR count). The molecule has 0 radical (unpaired) electrons. The van der Waals surface area contributed by atoms with Gasteiger partial charge in [-0.05, 0) is 123 Å². The Morgan fingerprint density at radius 1 is 0.947 bits per heavy atom. The molecule has 0 saturated heterocycles. The zero-order chi connectivity index (χ0) is 26.8. The van der Waals surface area contributed by atoms with Crippen LogP contribution in [0.1, 0.15) is 112 Å². The molecule has 5 heteroatoms. The molecule has 4 fully saturated rings. The van der Waals surface area contributed by atoms with Crippen LogP contribution in [0, 0.1) is 46.3 Å². The second kappa shape index (κ2) is 9.48. The average Bonchev–Trinajstić information content (AvgIpc) is 3.40. The number of hydrogen-bond acceptors (Lipinski definition) is 4. The molecule has 1 aromatic carbocycles. The summed E-state index contributed by atoms with van der Waals surface area (Å²) in [6.07, 6.45) is 12.3. The van der Waals surface area contributed by atoms with Crippen molar-refractivity contribution in [3.8, 4) is 0 Å². The van der Waals surface area contributed by atoms with E-state index in [1.807, 2.05) is 12.1 Å². The Hall–Kier alpha value is -2.17. The van der Waals surface area contributed by atoms with Crippen LogP contribution in [0.15, 0.2) is 24.3 Å². The van der Waals surface area contributed by atoms with E-state index in [0.717, 1.165) is 43.4 Å². The molecule has 5 aliphatic rings. The predicted molar refractivity (Wildman–Crippen MR) is 146 cm³/mol. The molecule has 0 spiro atoms. The fraction of sp³-hybridized carbons (Fsp3) is 0.727. The van der Waals surface area contributed by atoms with Crippen LogP contribution in [-0.4, -0.2) is 35.8 Å². The summed E-state index contributed by atoms with van der Waals surface area (Å²) >= 11 is 0. The highest BCUT2D eigenvalue weighted by Gasteiger charge is 2.61. The fourth-order valence-corrected chi connectivity index (χ4v) is 10.6. The Balaban J connectivity index is 1.15. The first kappa shape index (κ1) is 26.1. The van der Waals surface area contributed by atoms with Crippen LogP contribution >= 0.6 is 0 Å². The first-order chi connectivity index (χ1) is 18.2. The first-order valence-corrected chi connectivity index (χ1v) is 15.2. The smallest absolute Gasteiger partial charge is 0.305 e. The SMILES string of the molecule is COC(=O)CCC(C)[C@H]1CCC2C3CC[C@@H]4C[C@@H](N5C(=O)c6ccccc6C5=O)CC[C@]4(C)C3CC[C@@]21C. The number of carbonyl (C=O) groups excluding carboxylic acids is 3. The summed E-state index contributed by atoms with van der Waals surface area (Å²) < 4.78 is 4.92. The maximum atomic E-state index is 13.2. The Bertz CT molecular complexity index is 1090. The maximum Gasteiger partial charge on any atom is 0.305 e. The van der Waals surface area contributed by atoms with Crippen molar-refractivity contribution in [3.05, 3.63) is 35.4 Å². The Labute approximate surface area is 228 Å². The number of amides is 2. The molecule has 4 saturated carbocycles. The molecule has 2 amide bonds. The average molecular weight is 520 g/mol. The van der Waals surface area contributed by atoms with Crippen LogP contribution in [0.3, 0.4) is 0 Å². The van der Waals surface area contributed by atoms with Gasteiger partial charge in [-0.1, -0.05) is 32.9 Å². The van der Waals surface area contributed by atoms with Crippen LogP contribution in [0.5, 0.6) is 0 Å². The van der Waals surface area contributed by atoms with E-state index in [0.29, 0.717) is 46.1 Å². The lowest BCUT2D eigenvalue weighted by Crippen LogP contribution is -2.56. The van der Waals surface area contributed by atoms with Crippen LogP contribution in [0.2, 0.25) is 0 Å². The van der Waals surface area contributed by atoms with Crippen molar-refractivity contribution in [2.75, 3.05) is 7.11 Å². The van der Waals surface area contributed by atoms with Crippen LogP contribution in [0.25, 0.3) is 0 Å². The van der Waals surface area contributed by atoms with E-state index in [-0.39, 0.29) is 23.8 Å². The molecule has 0 N–H and O–H groups in total. The minimum absolute atomic E-state index is 0.0393. The lowest BCUT2D eigenvalue weighted by molar-refractivity contribution is -0.141. The zero-order valence-corrected chi connectivity index (χ0v) is 23.7. The zero-order valence-electron chi connectivity index (χ0n) is 23.7. The molecular weight excluding hydrogens is 474 g/mol. The molecule has 4 aliphatic carbocycles. The number of hydrogen-bond donors (Lipinski definition) is 0. The second-order valence-corrected chi connectivity index (χ2v) is 13.9. The highest BCUT2D eigenvalue weighted by atomic mass is 16.5. The maximum absolute atomic E-state index is 13.2. The van der Waals surface area contributed by atoms with E-state index in [1.165, 1.54) is 45.6 Å². The topological polar surface area (TPSA) is 63.7 Å². The lowest BCUT2D eigenvalue weighted by Gasteiger charge is -2.61. The van der Waals surface area contributed by atoms with Crippen LogP contribution in [-0.2, 0) is 9.53 Å². The number of esters is 1. The van der Waals surface area contributed by atoms with Gasteiger partial charge in [0, 0.05) is 12.5 Å². The van der Waals surface area contributed by atoms with Gasteiger partial charge >= 0.3 is 5.97 Å². The number of methoxy groups -OCH3 is 1. The predicted octanol–water partition coefficient (Wildman–Crippen LogP) is 6.90. The molecule has 0 bridgehead atoms. The highest BCUT2D eigenvalue weighted by molar-refractivity contribution is 6.21. The normalized spacial score (nSPS) is 40.7. The molecule has 1 heterocycles. The van der Waals surface area contributed by atoms with Crippen molar-refractivity contribution in [1.82, 2.24) is 4.90 Å². The van der Waals surface area contributed by atoms with Crippen molar-refractivity contribution < 1.29 is 19.1 Å². The number of ether oxygens (including phenoxy) is 1. The molecule has 1 aliphatic heterocycles. The van der Waals surface area contributed by atoms with E-state index in [1.54, 1.807) is 17.0 Å². The van der Waals surface area contributed by atoms with Crippen molar-refractivity contribution >= 4 is 17.8 Å². The molecule has 206 valence electrons. The molecule has 1 aromatic rings. The monoisotopic (exact) mass is 519 g/mol. The quantitative estimate of drug-likeness (QED) is 0.314. The van der Waals surface area contributed by atoms with Crippen molar-refractivity contribution in [1.29, 1.82) is 0 Å². The Kier molecular flexibility index (Phi) is 6.51. The third-order valence-electron chi connectivity index (χ3n) is 12.6. The number of fused-ring (bicyclic) bond motifs is 6. The summed E-state index contributed by atoms with van der Waals surface area (Å²) in [6, 6.07) is 7.36. The minimum atomic E-state index is -0.0837. The Morgan fingerprint density at radius 3 is 2.29 bits per heavy atom. The lowest BCUT2D eigenvalue weighted by atomic mass is 9.44. The van der Waals surface area contributed by atoms with Gasteiger partial charge in [-0.25, -0.2) is 0 Å². The Morgan fingerprint density at radius 2 is 1.61 bits per heavy atom. The summed E-state index contributed by atoms with van der Waals surface area (Å²) in [7, 11) is 1.49. The third-order valence-corrected chi connectivity index (χ3v) is 12.6. The summed E-state index contributed by atoms with van der Waals surface area (Å²) in [5, 5.41) is 0. The molecule has 9 atom stereocenters. The second-order valence-electron chi connectivity index (χ2n) is 13.9. The molecule has 38 heavy (non-hydrogen) atoms. The van der Waals surface area contributed by atoms with Crippen molar-refractivity contribution in [3.63, 3.8) is 0 Å². The van der Waals surface area contributed by atoms with Crippen molar-refractivity contribution in [2.45, 2.75) is 97.4 Å². The molecule has 4 unspecified atom stereocenters. The van der Waals surface area contributed by atoms with Gasteiger partial charge in [0.25, 0.3) is 11.8 Å². The van der Waals surface area contributed by atoms with E-state index >= 15 is 0 Å². The van der Waals surface area contributed by atoms with E-state index in [2.05, 4.69) is 20.8 Å². The van der Waals surface area contributed by atoms with Gasteiger partial charge in [-0.2, -0.15) is 0 Å². The van der Waals surface area contributed by atoms with E-state index in [4.69, 9.17) is 4.74 Å². The highest BCUT2D eigenvalue weighted by Crippen LogP contribution is 2.68. The summed E-state index contributed by atoms with van der Waals surface area (Å²) in [5.74, 6) is 3.94. The van der Waals surface area contributed by atoms with Crippen LogP contribution < -0.4 is 0 Å². The van der Waals surface area contributed by atoms with Gasteiger partial charge in [-0.15, -0.1) is 0 Å². The number of benzene rings is 1. The number of nitrogens with zero attached hydrogens (tertiary/aromatic N) is 1. The standard InChI is InChI=1S/C33H45NO4/c1-20(9-14-29(35)38-4)26-12-13-27-25-11-10-21-19-22(15-17-32(21,2)28(25)16-18-33(26,27)3)34-30(36)23-7-5-6-8-24(23)31(34)37/h5-8,20-22,25-28H,9-19H2,1-4H3/t20?,21-,22+,25?,26-,27?,28?,32+,33-/m1/s1. The van der Waals surface area contributed by atoms with Gasteiger partial charge in [-0.3, -0.25) is 19.3 Å².